The number of carbonyl (C=O) groups is 2. The van der Waals surface area contributed by atoms with Crippen LogP contribution in [0.15, 0.2) is 0 Å². The summed E-state index contributed by atoms with van der Waals surface area (Å²) in [4.78, 5) is 23.2. The van der Waals surface area contributed by atoms with Crippen molar-refractivity contribution in [1.82, 2.24) is 5.32 Å². The molecule has 70 valence electrons. The van der Waals surface area contributed by atoms with Gasteiger partial charge in [-0.15, -0.1) is 0 Å². The molecule has 1 unspecified atom stereocenters. The fraction of sp³-hybridized carbons (Fsp3) is 0.714. The molecule has 2 N–H and O–H groups in total. The first-order valence-electron chi connectivity index (χ1n) is 3.56. The molecule has 0 rings (SSSR count). The van der Waals surface area contributed by atoms with Gasteiger partial charge in [-0.25, -0.2) is 0 Å². The standard InChI is InChI=1S/C7H13NO3Te/c1-5(9)8-6(7(10)11)3-4-12-2/h6H,3-4H2,1-2H3,(H,8,9)(H,10,11). The van der Waals surface area contributed by atoms with Crippen LogP contribution in [0.5, 0.6) is 0 Å². The van der Waals surface area contributed by atoms with Crippen molar-refractivity contribution < 1.29 is 14.7 Å². The van der Waals surface area contributed by atoms with Crippen LogP contribution in [-0.2, 0) is 9.59 Å². The Kier molecular flexibility index (Phi) is 6.13. The molecule has 0 aliphatic heterocycles. The van der Waals surface area contributed by atoms with Gasteiger partial charge in [0.2, 0.25) is 0 Å². The number of carboxylic acid groups (broad SMARTS) is 1. The van der Waals surface area contributed by atoms with E-state index in [0.717, 1.165) is 4.47 Å². The van der Waals surface area contributed by atoms with Crippen LogP contribution in [0.1, 0.15) is 13.3 Å². The second-order valence-electron chi connectivity index (χ2n) is 2.37. The molecular formula is C7H13NO3Te. The molecule has 4 nitrogen and oxygen atoms in total. The van der Waals surface area contributed by atoms with Crippen molar-refractivity contribution >= 4 is 32.8 Å². The van der Waals surface area contributed by atoms with E-state index in [4.69, 9.17) is 5.11 Å². The zero-order valence-corrected chi connectivity index (χ0v) is 9.49. The molecule has 0 fully saturated rings. The van der Waals surface area contributed by atoms with Crippen molar-refractivity contribution in [2.24, 2.45) is 0 Å². The third kappa shape index (κ3) is 5.39. The first kappa shape index (κ1) is 11.7. The fourth-order valence-electron chi connectivity index (χ4n) is 0.738. The summed E-state index contributed by atoms with van der Waals surface area (Å²) < 4.78 is 0.947. The van der Waals surface area contributed by atoms with Crippen molar-refractivity contribution in [3.8, 4) is 0 Å². The Morgan fingerprint density at radius 3 is 2.50 bits per heavy atom. The monoisotopic (exact) mass is 289 g/mol. The van der Waals surface area contributed by atoms with Crippen molar-refractivity contribution in [1.29, 1.82) is 0 Å². The van der Waals surface area contributed by atoms with E-state index in [2.05, 4.69) is 10.3 Å². The third-order valence-corrected chi connectivity index (χ3v) is 3.12. The van der Waals surface area contributed by atoms with Crippen LogP contribution < -0.4 is 5.32 Å². The second-order valence-corrected chi connectivity index (χ2v) is 5.19. The Bertz CT molecular complexity index is 172. The Morgan fingerprint density at radius 1 is 1.58 bits per heavy atom. The van der Waals surface area contributed by atoms with Gasteiger partial charge < -0.3 is 0 Å². The van der Waals surface area contributed by atoms with Crippen LogP contribution in [0.2, 0.25) is 9.44 Å². The molecule has 0 aliphatic rings. The summed E-state index contributed by atoms with van der Waals surface area (Å²) in [7, 11) is 0. The summed E-state index contributed by atoms with van der Waals surface area (Å²) in [5, 5.41) is 11.0. The van der Waals surface area contributed by atoms with Crippen LogP contribution >= 0.6 is 0 Å². The van der Waals surface area contributed by atoms with Gasteiger partial charge in [0.05, 0.1) is 0 Å². The zero-order valence-electron chi connectivity index (χ0n) is 7.16. The predicted molar refractivity (Wildman–Crippen MR) is 46.3 cm³/mol. The van der Waals surface area contributed by atoms with Gasteiger partial charge in [0.25, 0.3) is 0 Å². The number of carboxylic acids is 1. The van der Waals surface area contributed by atoms with Crippen molar-refractivity contribution in [3.63, 3.8) is 0 Å². The van der Waals surface area contributed by atoms with E-state index in [1.165, 1.54) is 6.92 Å². The summed E-state index contributed by atoms with van der Waals surface area (Å²) in [5.41, 5.74) is 0. The number of aliphatic carboxylic acids is 1. The summed E-state index contributed by atoms with van der Waals surface area (Å²) in [5.74, 6) is -1.22. The predicted octanol–water partition coefficient (Wildman–Crippen LogP) is 0.136. The van der Waals surface area contributed by atoms with Gasteiger partial charge >= 0.3 is 81.6 Å². The summed E-state index contributed by atoms with van der Waals surface area (Å²) in [6, 6.07) is -0.687. The van der Waals surface area contributed by atoms with Crippen molar-refractivity contribution in [2.75, 3.05) is 0 Å². The van der Waals surface area contributed by atoms with Crippen LogP contribution in [0.25, 0.3) is 0 Å². The van der Waals surface area contributed by atoms with E-state index in [1.807, 2.05) is 0 Å². The Morgan fingerprint density at radius 2 is 2.17 bits per heavy atom. The molecule has 1 atom stereocenters. The molecule has 0 radical (unpaired) electrons. The Labute approximate surface area is 81.8 Å². The minimum atomic E-state index is -0.939. The minimum absolute atomic E-state index is 0.0425. The third-order valence-electron chi connectivity index (χ3n) is 1.29. The first-order valence-corrected chi connectivity index (χ1v) is 7.54. The SMILES string of the molecule is C[Te]CCC(NC(C)=O)C(=O)O. The molecule has 12 heavy (non-hydrogen) atoms. The first-order chi connectivity index (χ1) is 5.57. The molecule has 0 saturated carbocycles. The van der Waals surface area contributed by atoms with Crippen molar-refractivity contribution in [3.05, 3.63) is 0 Å². The van der Waals surface area contributed by atoms with Gasteiger partial charge in [-0.2, -0.15) is 0 Å². The van der Waals surface area contributed by atoms with Gasteiger partial charge in [-0.1, -0.05) is 0 Å². The van der Waals surface area contributed by atoms with Crippen LogP contribution in [-0.4, -0.2) is 43.9 Å². The molecule has 0 bridgehead atoms. The number of rotatable bonds is 5. The van der Waals surface area contributed by atoms with Gasteiger partial charge in [-0.05, 0) is 0 Å². The average molecular weight is 287 g/mol. The van der Waals surface area contributed by atoms with Crippen LogP contribution in [0.4, 0.5) is 0 Å². The maximum absolute atomic E-state index is 10.6. The number of hydrogen-bond acceptors (Lipinski definition) is 2. The molecule has 5 heteroatoms. The Balaban J connectivity index is 3.87. The topological polar surface area (TPSA) is 66.4 Å². The number of hydrogen-bond donors (Lipinski definition) is 2. The molecule has 0 saturated heterocycles. The second kappa shape index (κ2) is 6.27. The molecule has 0 aromatic rings. The van der Waals surface area contributed by atoms with Gasteiger partial charge in [0.15, 0.2) is 0 Å². The van der Waals surface area contributed by atoms with Gasteiger partial charge in [0, 0.05) is 0 Å². The molecular weight excluding hydrogens is 274 g/mol. The van der Waals surface area contributed by atoms with E-state index in [-0.39, 0.29) is 26.8 Å². The zero-order chi connectivity index (χ0) is 9.56. The summed E-state index contributed by atoms with van der Waals surface area (Å²) >= 11 is -0.0425. The van der Waals surface area contributed by atoms with Crippen molar-refractivity contribution in [2.45, 2.75) is 28.8 Å². The van der Waals surface area contributed by atoms with Gasteiger partial charge in [0.1, 0.15) is 0 Å². The molecule has 0 spiro atoms. The average Bonchev–Trinajstić information content (AvgIpc) is 1.96. The number of carbonyl (C=O) groups excluding carboxylic acids is 1. The van der Waals surface area contributed by atoms with E-state index < -0.39 is 12.0 Å². The molecule has 0 aromatic heterocycles. The van der Waals surface area contributed by atoms with Crippen LogP contribution in [0, 0.1) is 0 Å². The van der Waals surface area contributed by atoms with E-state index in [1.54, 1.807) is 0 Å². The normalized spacial score (nSPS) is 12.2. The number of nitrogens with one attached hydrogen (secondary N) is 1. The fourth-order valence-corrected chi connectivity index (χ4v) is 2.08. The summed E-state index contributed by atoms with van der Waals surface area (Å²) in [6.45, 7) is 1.33. The number of amides is 1. The van der Waals surface area contributed by atoms with E-state index >= 15 is 0 Å². The van der Waals surface area contributed by atoms with E-state index in [0.29, 0.717) is 6.42 Å². The Hall–Kier alpha value is -0.270. The molecule has 0 aliphatic carbocycles. The van der Waals surface area contributed by atoms with Crippen LogP contribution in [0.3, 0.4) is 0 Å². The molecule has 1 amide bonds. The van der Waals surface area contributed by atoms with Gasteiger partial charge in [-0.3, -0.25) is 0 Å². The molecule has 0 heterocycles. The summed E-state index contributed by atoms with van der Waals surface area (Å²) in [6.07, 6.45) is 0.563. The quantitative estimate of drug-likeness (QED) is 0.707. The van der Waals surface area contributed by atoms with E-state index in [9.17, 15) is 9.59 Å². The maximum atomic E-state index is 10.6. The molecule has 0 aromatic carbocycles.